The van der Waals surface area contributed by atoms with Gasteiger partial charge in [-0.25, -0.2) is 0 Å². The van der Waals surface area contributed by atoms with Gasteiger partial charge >= 0.3 is 0 Å². The average molecular weight is 246 g/mol. The van der Waals surface area contributed by atoms with Crippen molar-refractivity contribution in [3.8, 4) is 11.8 Å². The molecule has 0 aliphatic carbocycles. The van der Waals surface area contributed by atoms with Crippen molar-refractivity contribution in [1.29, 1.82) is 5.26 Å². The number of ether oxygens (including phenoxy) is 1. The van der Waals surface area contributed by atoms with Crippen molar-refractivity contribution in [2.45, 2.75) is 40.2 Å². The second kappa shape index (κ2) is 5.88. The Morgan fingerprint density at radius 2 is 2.11 bits per heavy atom. The van der Waals surface area contributed by atoms with E-state index >= 15 is 0 Å². The van der Waals surface area contributed by atoms with Crippen molar-refractivity contribution in [1.82, 2.24) is 0 Å². The number of nitrogens with zero attached hydrogens (tertiary/aromatic N) is 1. The number of aryl methyl sites for hydroxylation is 1. The Hall–Kier alpha value is -1.53. The first kappa shape index (κ1) is 14.5. The summed E-state index contributed by atoms with van der Waals surface area (Å²) in [7, 11) is 0. The first-order valence-electron chi connectivity index (χ1n) is 6.26. The molecular weight excluding hydrogens is 224 g/mol. The topological polar surface area (TPSA) is 59.0 Å². The fourth-order valence-corrected chi connectivity index (χ4v) is 1.59. The quantitative estimate of drug-likeness (QED) is 0.866. The molecule has 1 rings (SSSR count). The molecule has 0 heterocycles. The van der Waals surface area contributed by atoms with E-state index in [0.717, 1.165) is 23.3 Å². The van der Waals surface area contributed by atoms with Gasteiger partial charge in [-0.1, -0.05) is 12.1 Å². The van der Waals surface area contributed by atoms with Gasteiger partial charge in [-0.05, 0) is 51.3 Å². The number of benzene rings is 1. The second-order valence-electron chi connectivity index (χ2n) is 5.41. The van der Waals surface area contributed by atoms with Gasteiger partial charge in [0.15, 0.2) is 0 Å². The van der Waals surface area contributed by atoms with Crippen molar-refractivity contribution in [2.24, 2.45) is 11.1 Å². The van der Waals surface area contributed by atoms with Gasteiger partial charge in [-0.3, -0.25) is 0 Å². The summed E-state index contributed by atoms with van der Waals surface area (Å²) in [6.45, 7) is 8.37. The van der Waals surface area contributed by atoms with Crippen molar-refractivity contribution in [3.63, 3.8) is 0 Å². The average Bonchev–Trinajstić information content (AvgIpc) is 2.31. The van der Waals surface area contributed by atoms with Crippen LogP contribution in [0.4, 0.5) is 0 Å². The molecule has 2 N–H and O–H groups in total. The van der Waals surface area contributed by atoms with E-state index in [-0.39, 0.29) is 11.5 Å². The molecule has 0 spiro atoms. The van der Waals surface area contributed by atoms with E-state index in [9.17, 15) is 0 Å². The number of rotatable bonds is 5. The fraction of sp³-hybridized carbons (Fsp3) is 0.533. The smallest absolute Gasteiger partial charge is 0.122 e. The predicted molar refractivity (Wildman–Crippen MR) is 73.3 cm³/mol. The van der Waals surface area contributed by atoms with Crippen LogP contribution in [0.2, 0.25) is 0 Å². The van der Waals surface area contributed by atoms with Crippen LogP contribution in [0, 0.1) is 23.7 Å². The first-order chi connectivity index (χ1) is 8.35. The van der Waals surface area contributed by atoms with Crippen LogP contribution in [0.15, 0.2) is 18.2 Å². The van der Waals surface area contributed by atoms with Gasteiger partial charge in [0, 0.05) is 6.04 Å². The molecule has 18 heavy (non-hydrogen) atoms. The lowest BCUT2D eigenvalue weighted by Gasteiger charge is -2.17. The monoisotopic (exact) mass is 246 g/mol. The summed E-state index contributed by atoms with van der Waals surface area (Å²) < 4.78 is 5.72. The highest BCUT2D eigenvalue weighted by atomic mass is 16.5. The van der Waals surface area contributed by atoms with E-state index in [1.165, 1.54) is 0 Å². The summed E-state index contributed by atoms with van der Waals surface area (Å²) in [4.78, 5) is 0. The molecule has 0 radical (unpaired) electrons. The molecule has 0 saturated heterocycles. The van der Waals surface area contributed by atoms with E-state index < -0.39 is 0 Å². The van der Waals surface area contributed by atoms with E-state index in [1.807, 2.05) is 39.8 Å². The standard InChI is InChI=1S/C15H22N2O/c1-11-9-13(12(2)17)5-6-14(11)18-8-7-15(3,4)10-16/h5-6,9,12H,7-8,17H2,1-4H3/t12-/m1/s1. The number of hydrogen-bond acceptors (Lipinski definition) is 3. The third-order valence-corrected chi connectivity index (χ3v) is 3.01. The molecule has 0 aliphatic heterocycles. The summed E-state index contributed by atoms with van der Waals surface area (Å²) >= 11 is 0. The predicted octanol–water partition coefficient (Wildman–Crippen LogP) is 3.33. The molecule has 0 aliphatic rings. The second-order valence-corrected chi connectivity index (χ2v) is 5.41. The molecule has 0 aromatic heterocycles. The van der Waals surface area contributed by atoms with Crippen molar-refractivity contribution >= 4 is 0 Å². The molecule has 3 nitrogen and oxygen atoms in total. The third kappa shape index (κ3) is 4.05. The Labute approximate surface area is 110 Å². The maximum absolute atomic E-state index is 8.92. The normalized spacial score (nSPS) is 12.9. The third-order valence-electron chi connectivity index (χ3n) is 3.01. The highest BCUT2D eigenvalue weighted by Crippen LogP contribution is 2.24. The highest BCUT2D eigenvalue weighted by molar-refractivity contribution is 5.37. The molecule has 3 heteroatoms. The first-order valence-corrected chi connectivity index (χ1v) is 6.26. The lowest BCUT2D eigenvalue weighted by molar-refractivity contribution is 0.263. The Balaban J connectivity index is 2.62. The van der Waals surface area contributed by atoms with Crippen molar-refractivity contribution in [2.75, 3.05) is 6.61 Å². The van der Waals surface area contributed by atoms with Crippen LogP contribution in [0.3, 0.4) is 0 Å². The molecular formula is C15H22N2O. The maximum Gasteiger partial charge on any atom is 0.122 e. The maximum atomic E-state index is 8.92. The summed E-state index contributed by atoms with van der Waals surface area (Å²) in [6.07, 6.45) is 0.720. The molecule has 0 saturated carbocycles. The highest BCUT2D eigenvalue weighted by Gasteiger charge is 2.16. The zero-order valence-electron chi connectivity index (χ0n) is 11.7. The minimum atomic E-state index is -0.334. The van der Waals surface area contributed by atoms with Crippen LogP contribution >= 0.6 is 0 Å². The summed E-state index contributed by atoms with van der Waals surface area (Å²) in [6, 6.07) is 8.30. The lowest BCUT2D eigenvalue weighted by Crippen LogP contribution is -2.13. The molecule has 1 aromatic rings. The lowest BCUT2D eigenvalue weighted by atomic mass is 9.92. The Bertz CT molecular complexity index is 444. The molecule has 0 unspecified atom stereocenters. The van der Waals surface area contributed by atoms with Crippen LogP contribution < -0.4 is 10.5 Å². The minimum Gasteiger partial charge on any atom is -0.493 e. The molecule has 98 valence electrons. The molecule has 0 bridgehead atoms. The molecule has 0 amide bonds. The Morgan fingerprint density at radius 3 is 2.61 bits per heavy atom. The van der Waals surface area contributed by atoms with Gasteiger partial charge in [0.1, 0.15) is 5.75 Å². The van der Waals surface area contributed by atoms with E-state index in [0.29, 0.717) is 6.61 Å². The van der Waals surface area contributed by atoms with Gasteiger partial charge in [0.05, 0.1) is 18.1 Å². The van der Waals surface area contributed by atoms with Crippen LogP contribution in [0.25, 0.3) is 0 Å². The summed E-state index contributed by atoms with van der Waals surface area (Å²) in [5.41, 5.74) is 7.69. The molecule has 1 atom stereocenters. The van der Waals surface area contributed by atoms with Crippen LogP contribution in [-0.4, -0.2) is 6.61 Å². The summed E-state index contributed by atoms with van der Waals surface area (Å²) in [5, 5.41) is 8.92. The fourth-order valence-electron chi connectivity index (χ4n) is 1.59. The van der Waals surface area contributed by atoms with Crippen molar-refractivity contribution in [3.05, 3.63) is 29.3 Å². The SMILES string of the molecule is Cc1cc([C@@H](C)N)ccc1OCCC(C)(C)C#N. The zero-order valence-corrected chi connectivity index (χ0v) is 11.7. The zero-order chi connectivity index (χ0) is 13.8. The van der Waals surface area contributed by atoms with Gasteiger partial charge in [-0.2, -0.15) is 5.26 Å². The molecule has 0 fully saturated rings. The van der Waals surface area contributed by atoms with Gasteiger partial charge in [0.25, 0.3) is 0 Å². The van der Waals surface area contributed by atoms with Crippen LogP contribution in [0.1, 0.15) is 44.4 Å². The van der Waals surface area contributed by atoms with E-state index in [4.69, 9.17) is 15.7 Å². The Kier molecular flexibility index (Phi) is 4.75. The number of nitrogens with two attached hydrogens (primary N) is 1. The van der Waals surface area contributed by atoms with E-state index in [2.05, 4.69) is 12.1 Å². The Morgan fingerprint density at radius 1 is 1.44 bits per heavy atom. The van der Waals surface area contributed by atoms with Crippen LogP contribution in [-0.2, 0) is 0 Å². The molecule has 1 aromatic carbocycles. The van der Waals surface area contributed by atoms with E-state index in [1.54, 1.807) is 0 Å². The summed E-state index contributed by atoms with van der Waals surface area (Å²) in [5.74, 6) is 0.869. The van der Waals surface area contributed by atoms with Gasteiger partial charge in [-0.15, -0.1) is 0 Å². The van der Waals surface area contributed by atoms with Gasteiger partial charge < -0.3 is 10.5 Å². The number of nitriles is 1. The van der Waals surface area contributed by atoms with Crippen LogP contribution in [0.5, 0.6) is 5.75 Å². The van der Waals surface area contributed by atoms with Gasteiger partial charge in [0.2, 0.25) is 0 Å². The van der Waals surface area contributed by atoms with Crippen molar-refractivity contribution < 1.29 is 4.74 Å². The number of hydrogen-bond donors (Lipinski definition) is 1. The minimum absolute atomic E-state index is 0.0373. The largest absolute Gasteiger partial charge is 0.493 e.